The fraction of sp³-hybridized carbons (Fsp3) is 0. The first-order chi connectivity index (χ1) is 14.4. The summed E-state index contributed by atoms with van der Waals surface area (Å²) < 4.78 is 6.17. The summed E-state index contributed by atoms with van der Waals surface area (Å²) in [6.45, 7) is 0. The normalized spacial score (nSPS) is 15.3. The Morgan fingerprint density at radius 3 is 1.79 bits per heavy atom. The lowest BCUT2D eigenvalue weighted by molar-refractivity contribution is 0.581. The maximum atomic E-state index is 6.17. The molecule has 134 valence electrons. The van der Waals surface area contributed by atoms with Crippen molar-refractivity contribution in [2.24, 2.45) is 0 Å². The minimum atomic E-state index is -0.0165. The fourth-order valence-corrected chi connectivity index (χ4v) is 5.46. The molecule has 0 bridgehead atoms. The number of furan rings is 1. The fourth-order valence-electron chi connectivity index (χ4n) is 5.46. The molecule has 0 saturated carbocycles. The molecule has 1 aromatic heterocycles. The molecule has 0 atom stereocenters. The van der Waals surface area contributed by atoms with Gasteiger partial charge in [-0.15, -0.1) is 0 Å². The summed E-state index contributed by atoms with van der Waals surface area (Å²) in [4.78, 5) is 7.27. The lowest BCUT2D eigenvalue weighted by atomic mass is 9.76. The summed E-state index contributed by atoms with van der Waals surface area (Å²) >= 11 is 0. The van der Waals surface area contributed by atoms with E-state index in [1.165, 1.54) is 44.6 Å². The van der Waals surface area contributed by atoms with Gasteiger partial charge in [-0.3, -0.25) is 0 Å². The van der Waals surface area contributed by atoms with Crippen molar-refractivity contribution in [2.45, 2.75) is 0 Å². The molecule has 8 rings (SSSR count). The number of para-hydroxylation sites is 2. The standard InChI is InChI=1S/C24H14BN3O/c1-2-10-18-17(9-1)26-19-11-3-6-15-7-4-12-20(22(15)19)27-21-13-5-8-16-14-29-24(23(16)21)28(18)25(26)27/h1-14H. The Bertz CT molecular complexity index is 1500. The van der Waals surface area contributed by atoms with Crippen LogP contribution in [0, 0.1) is 0 Å². The molecule has 0 fully saturated rings. The molecule has 4 aromatic carbocycles. The first kappa shape index (κ1) is 14.2. The van der Waals surface area contributed by atoms with Crippen LogP contribution < -0.4 is 14.4 Å². The van der Waals surface area contributed by atoms with Crippen LogP contribution in [-0.2, 0) is 0 Å². The van der Waals surface area contributed by atoms with Gasteiger partial charge >= 0.3 is 7.12 Å². The summed E-state index contributed by atoms with van der Waals surface area (Å²) in [6.07, 6.45) is 1.88. The zero-order chi connectivity index (χ0) is 18.7. The van der Waals surface area contributed by atoms with Gasteiger partial charge in [-0.1, -0.05) is 48.5 Å². The number of rotatable bonds is 0. The van der Waals surface area contributed by atoms with E-state index in [2.05, 4.69) is 93.3 Å². The largest absolute Gasteiger partial charge is 0.521 e. The predicted molar refractivity (Wildman–Crippen MR) is 119 cm³/mol. The molecular weight excluding hydrogens is 357 g/mol. The van der Waals surface area contributed by atoms with E-state index in [1.54, 1.807) is 0 Å². The minimum Gasteiger partial charge on any atom is -0.448 e. The highest BCUT2D eigenvalue weighted by Gasteiger charge is 2.55. The highest BCUT2D eigenvalue weighted by Crippen LogP contribution is 2.59. The molecule has 0 spiro atoms. The van der Waals surface area contributed by atoms with Crippen LogP contribution >= 0.6 is 0 Å². The van der Waals surface area contributed by atoms with Crippen molar-refractivity contribution < 1.29 is 4.42 Å². The summed E-state index contributed by atoms with van der Waals surface area (Å²) in [5, 5.41) is 4.88. The van der Waals surface area contributed by atoms with Gasteiger partial charge in [0.05, 0.1) is 16.8 Å². The molecule has 0 aliphatic carbocycles. The third-order valence-corrected chi connectivity index (χ3v) is 6.54. The molecule has 4 heterocycles. The van der Waals surface area contributed by atoms with Crippen molar-refractivity contribution in [3.05, 3.63) is 85.1 Å². The van der Waals surface area contributed by atoms with Gasteiger partial charge < -0.3 is 18.8 Å². The van der Waals surface area contributed by atoms with E-state index >= 15 is 0 Å². The number of nitrogens with zero attached hydrogens (tertiary/aromatic N) is 3. The third kappa shape index (κ3) is 1.46. The maximum Gasteiger partial charge on any atom is 0.521 e. The molecule has 0 saturated heterocycles. The van der Waals surface area contributed by atoms with Crippen molar-refractivity contribution in [3.63, 3.8) is 0 Å². The molecule has 5 aromatic rings. The van der Waals surface area contributed by atoms with Gasteiger partial charge in [0.25, 0.3) is 0 Å². The van der Waals surface area contributed by atoms with Crippen LogP contribution in [0.2, 0.25) is 0 Å². The summed E-state index contributed by atoms with van der Waals surface area (Å²) in [5.41, 5.74) is 6.08. The second-order valence-electron chi connectivity index (χ2n) is 7.88. The number of hydrogen-bond donors (Lipinski definition) is 0. The number of fused-ring (bicyclic) bond motifs is 7. The zero-order valence-electron chi connectivity index (χ0n) is 15.4. The Labute approximate surface area is 167 Å². The van der Waals surface area contributed by atoms with Gasteiger partial charge in [-0.05, 0) is 35.7 Å². The minimum absolute atomic E-state index is 0.0165. The van der Waals surface area contributed by atoms with Crippen LogP contribution in [0.25, 0.3) is 21.5 Å². The zero-order valence-corrected chi connectivity index (χ0v) is 15.4. The molecule has 4 nitrogen and oxygen atoms in total. The van der Waals surface area contributed by atoms with Crippen LogP contribution in [0.15, 0.2) is 89.5 Å². The second kappa shape index (κ2) is 4.58. The Morgan fingerprint density at radius 2 is 1.07 bits per heavy atom. The molecule has 3 aliphatic rings. The van der Waals surface area contributed by atoms with Crippen molar-refractivity contribution >= 4 is 63.0 Å². The Morgan fingerprint density at radius 1 is 0.517 bits per heavy atom. The van der Waals surface area contributed by atoms with Gasteiger partial charge in [0.15, 0.2) is 0 Å². The lowest BCUT2D eigenvalue weighted by Crippen LogP contribution is -2.58. The number of anilines is 6. The molecule has 0 unspecified atom stereocenters. The summed E-state index contributed by atoms with van der Waals surface area (Å²) in [5.74, 6) is 0.929. The van der Waals surface area contributed by atoms with E-state index < -0.39 is 0 Å². The maximum absolute atomic E-state index is 6.17. The second-order valence-corrected chi connectivity index (χ2v) is 7.88. The van der Waals surface area contributed by atoms with Gasteiger partial charge in [0, 0.05) is 27.8 Å². The van der Waals surface area contributed by atoms with Gasteiger partial charge in [-0.25, -0.2) is 0 Å². The van der Waals surface area contributed by atoms with E-state index in [0.29, 0.717) is 0 Å². The Kier molecular flexibility index (Phi) is 2.24. The summed E-state index contributed by atoms with van der Waals surface area (Å²) in [7, 11) is -0.0165. The third-order valence-electron chi connectivity index (χ3n) is 6.54. The average molecular weight is 371 g/mol. The van der Waals surface area contributed by atoms with Crippen LogP contribution in [0.5, 0.6) is 0 Å². The molecule has 3 aliphatic heterocycles. The van der Waals surface area contributed by atoms with Crippen molar-refractivity contribution in [3.8, 4) is 0 Å². The highest BCUT2D eigenvalue weighted by atomic mass is 16.3. The van der Waals surface area contributed by atoms with E-state index in [9.17, 15) is 0 Å². The smallest absolute Gasteiger partial charge is 0.448 e. The molecule has 0 N–H and O–H groups in total. The molecule has 29 heavy (non-hydrogen) atoms. The van der Waals surface area contributed by atoms with E-state index in [-0.39, 0.29) is 7.12 Å². The van der Waals surface area contributed by atoms with Gasteiger partial charge in [-0.2, -0.15) is 0 Å². The molecule has 0 amide bonds. The Hall–Kier alpha value is -3.86. The summed E-state index contributed by atoms with van der Waals surface area (Å²) in [6, 6.07) is 28.3. The average Bonchev–Trinajstić information content (AvgIpc) is 3.34. The monoisotopic (exact) mass is 371 g/mol. The predicted octanol–water partition coefficient (Wildman–Crippen LogP) is 6.33. The number of benzene rings is 4. The van der Waals surface area contributed by atoms with Crippen LogP contribution in [-0.4, -0.2) is 7.12 Å². The molecular formula is C24H14BN3O. The topological polar surface area (TPSA) is 22.9 Å². The highest BCUT2D eigenvalue weighted by molar-refractivity contribution is 6.80. The van der Waals surface area contributed by atoms with Crippen molar-refractivity contribution in [1.29, 1.82) is 0 Å². The van der Waals surface area contributed by atoms with E-state index in [0.717, 1.165) is 11.3 Å². The SMILES string of the molecule is c1ccc2c(c1)N1B3N(c4cccc5cccc1c45)c1cccc4coc(c14)N32. The number of hydrogen-bond acceptors (Lipinski definition) is 4. The quantitative estimate of drug-likeness (QED) is 0.297. The Balaban J connectivity index is 1.62. The van der Waals surface area contributed by atoms with E-state index in [1.807, 2.05) is 6.26 Å². The van der Waals surface area contributed by atoms with Crippen LogP contribution in [0.4, 0.5) is 34.3 Å². The van der Waals surface area contributed by atoms with Crippen molar-refractivity contribution in [2.75, 3.05) is 14.4 Å². The van der Waals surface area contributed by atoms with Gasteiger partial charge in [0.1, 0.15) is 6.26 Å². The van der Waals surface area contributed by atoms with E-state index in [4.69, 9.17) is 4.42 Å². The van der Waals surface area contributed by atoms with Crippen LogP contribution in [0.1, 0.15) is 0 Å². The molecule has 0 radical (unpaired) electrons. The van der Waals surface area contributed by atoms with Gasteiger partial charge in [0.2, 0.25) is 5.88 Å². The van der Waals surface area contributed by atoms with Crippen molar-refractivity contribution in [1.82, 2.24) is 0 Å². The lowest BCUT2D eigenvalue weighted by Gasteiger charge is -2.44. The first-order valence-corrected chi connectivity index (χ1v) is 9.90. The van der Waals surface area contributed by atoms with Crippen LogP contribution in [0.3, 0.4) is 0 Å². The molecule has 5 heteroatoms. The first-order valence-electron chi connectivity index (χ1n) is 9.90.